The van der Waals surface area contributed by atoms with Crippen molar-refractivity contribution in [3.05, 3.63) is 71.8 Å². The molecule has 182 valence electrons. The Morgan fingerprint density at radius 2 is 1.74 bits per heavy atom. The SMILES string of the molecule is CN(Cc1ncnn1C)C(=O)C(CCC(=O)O)NC(=O)OCC1c2ccccc2-c2ccccc21. The summed E-state index contributed by atoms with van der Waals surface area (Å²) in [6.07, 6.45) is 0.256. The fourth-order valence-electron chi connectivity index (χ4n) is 4.33. The number of carboxylic acid groups (broad SMARTS) is 1. The highest BCUT2D eigenvalue weighted by atomic mass is 16.5. The van der Waals surface area contributed by atoms with Gasteiger partial charge in [0.2, 0.25) is 5.91 Å². The number of rotatable bonds is 9. The second-order valence-electron chi connectivity index (χ2n) is 8.45. The zero-order valence-electron chi connectivity index (χ0n) is 19.5. The summed E-state index contributed by atoms with van der Waals surface area (Å²) in [6, 6.07) is 14.9. The van der Waals surface area contributed by atoms with Gasteiger partial charge in [-0.2, -0.15) is 5.10 Å². The number of aromatic nitrogens is 3. The van der Waals surface area contributed by atoms with Crippen LogP contribution in [-0.4, -0.2) is 62.4 Å². The molecule has 35 heavy (non-hydrogen) atoms. The topological polar surface area (TPSA) is 127 Å². The molecule has 10 nitrogen and oxygen atoms in total. The Kier molecular flexibility index (Phi) is 7.09. The zero-order chi connectivity index (χ0) is 24.9. The predicted octanol–water partition coefficient (Wildman–Crippen LogP) is 2.55. The molecule has 0 radical (unpaired) electrons. The van der Waals surface area contributed by atoms with Gasteiger partial charge in [-0.3, -0.25) is 14.3 Å². The number of ether oxygens (including phenoxy) is 1. The second kappa shape index (κ2) is 10.4. The number of nitrogens with one attached hydrogen (secondary N) is 1. The van der Waals surface area contributed by atoms with Gasteiger partial charge in [-0.25, -0.2) is 9.78 Å². The number of fused-ring (bicyclic) bond motifs is 3. The molecular weight excluding hydrogens is 450 g/mol. The smallest absolute Gasteiger partial charge is 0.407 e. The Morgan fingerprint density at radius 3 is 2.31 bits per heavy atom. The lowest BCUT2D eigenvalue weighted by molar-refractivity contribution is -0.138. The van der Waals surface area contributed by atoms with Crippen LogP contribution in [0.15, 0.2) is 54.9 Å². The summed E-state index contributed by atoms with van der Waals surface area (Å²) in [6.45, 7) is 0.250. The van der Waals surface area contributed by atoms with Gasteiger partial charge in [0.15, 0.2) is 0 Å². The van der Waals surface area contributed by atoms with Gasteiger partial charge in [-0.15, -0.1) is 0 Å². The van der Waals surface area contributed by atoms with E-state index in [1.807, 2.05) is 48.5 Å². The van der Waals surface area contributed by atoms with E-state index in [2.05, 4.69) is 15.4 Å². The third kappa shape index (κ3) is 5.32. The Morgan fingerprint density at radius 1 is 1.11 bits per heavy atom. The van der Waals surface area contributed by atoms with Crippen molar-refractivity contribution in [1.82, 2.24) is 25.0 Å². The van der Waals surface area contributed by atoms with E-state index in [-0.39, 0.29) is 31.9 Å². The van der Waals surface area contributed by atoms with Crippen molar-refractivity contribution < 1.29 is 24.2 Å². The summed E-state index contributed by atoms with van der Waals surface area (Å²) in [4.78, 5) is 42.3. The van der Waals surface area contributed by atoms with E-state index in [1.54, 1.807) is 14.1 Å². The van der Waals surface area contributed by atoms with Gasteiger partial charge < -0.3 is 20.1 Å². The molecule has 0 saturated heterocycles. The number of carbonyl (C=O) groups is 3. The highest BCUT2D eigenvalue weighted by molar-refractivity contribution is 5.86. The van der Waals surface area contributed by atoms with Crippen LogP contribution >= 0.6 is 0 Å². The first-order valence-corrected chi connectivity index (χ1v) is 11.3. The number of hydrogen-bond donors (Lipinski definition) is 2. The van der Waals surface area contributed by atoms with Crippen molar-refractivity contribution in [3.8, 4) is 11.1 Å². The third-order valence-corrected chi connectivity index (χ3v) is 6.14. The summed E-state index contributed by atoms with van der Waals surface area (Å²) in [5.41, 5.74) is 4.36. The molecule has 1 aliphatic carbocycles. The van der Waals surface area contributed by atoms with E-state index in [9.17, 15) is 14.4 Å². The number of nitrogens with zero attached hydrogens (tertiary/aromatic N) is 4. The van der Waals surface area contributed by atoms with Gasteiger partial charge in [0.05, 0.1) is 6.54 Å². The Labute approximate surface area is 202 Å². The third-order valence-electron chi connectivity index (χ3n) is 6.14. The summed E-state index contributed by atoms with van der Waals surface area (Å²) in [5, 5.41) is 15.6. The van der Waals surface area contributed by atoms with Crippen LogP contribution in [0.1, 0.15) is 35.7 Å². The number of carboxylic acids is 1. The first kappa shape index (κ1) is 23.9. The van der Waals surface area contributed by atoms with E-state index < -0.39 is 24.0 Å². The maximum atomic E-state index is 13.0. The quantitative estimate of drug-likeness (QED) is 0.485. The van der Waals surface area contributed by atoms with Gasteiger partial charge in [0, 0.05) is 26.4 Å². The molecule has 0 bridgehead atoms. The fourth-order valence-corrected chi connectivity index (χ4v) is 4.33. The normalized spacial score (nSPS) is 13.0. The molecule has 1 aromatic heterocycles. The number of aliphatic carboxylic acids is 1. The average Bonchev–Trinajstić information content (AvgIpc) is 3.40. The molecule has 2 aromatic carbocycles. The summed E-state index contributed by atoms with van der Waals surface area (Å²) < 4.78 is 7.07. The lowest BCUT2D eigenvalue weighted by atomic mass is 9.98. The van der Waals surface area contributed by atoms with E-state index in [4.69, 9.17) is 9.84 Å². The van der Waals surface area contributed by atoms with E-state index >= 15 is 0 Å². The molecule has 10 heteroatoms. The van der Waals surface area contributed by atoms with Crippen LogP contribution in [0.3, 0.4) is 0 Å². The molecule has 1 aliphatic rings. The molecule has 1 atom stereocenters. The first-order valence-electron chi connectivity index (χ1n) is 11.3. The number of hydrogen-bond acceptors (Lipinski definition) is 6. The predicted molar refractivity (Wildman–Crippen MR) is 126 cm³/mol. The molecule has 4 rings (SSSR count). The number of carbonyl (C=O) groups excluding carboxylic acids is 2. The second-order valence-corrected chi connectivity index (χ2v) is 8.45. The molecule has 0 spiro atoms. The van der Waals surface area contributed by atoms with Crippen LogP contribution in [0.25, 0.3) is 11.1 Å². The van der Waals surface area contributed by atoms with Gasteiger partial charge in [0.1, 0.15) is 24.8 Å². The number of likely N-dealkylation sites (N-methyl/N-ethyl adjacent to an activating group) is 1. The van der Waals surface area contributed by atoms with E-state index in [0.29, 0.717) is 5.82 Å². The van der Waals surface area contributed by atoms with Crippen LogP contribution in [0.4, 0.5) is 4.79 Å². The molecule has 3 aromatic rings. The lowest BCUT2D eigenvalue weighted by Crippen LogP contribution is -2.47. The van der Waals surface area contributed by atoms with Crippen LogP contribution in [0.2, 0.25) is 0 Å². The minimum atomic E-state index is -1.06. The lowest BCUT2D eigenvalue weighted by Gasteiger charge is -2.24. The van der Waals surface area contributed by atoms with Crippen molar-refractivity contribution in [1.29, 1.82) is 0 Å². The Hall–Kier alpha value is -4.21. The average molecular weight is 478 g/mol. The largest absolute Gasteiger partial charge is 0.481 e. The molecule has 0 aliphatic heterocycles. The van der Waals surface area contributed by atoms with Crippen LogP contribution in [0, 0.1) is 0 Å². The molecule has 0 fully saturated rings. The maximum Gasteiger partial charge on any atom is 0.407 e. The van der Waals surface area contributed by atoms with Crippen LogP contribution in [-0.2, 0) is 27.9 Å². The Balaban J connectivity index is 1.42. The summed E-state index contributed by atoms with van der Waals surface area (Å²) in [5.74, 6) is -1.07. The minimum Gasteiger partial charge on any atom is -0.481 e. The van der Waals surface area contributed by atoms with Gasteiger partial charge in [-0.1, -0.05) is 48.5 Å². The monoisotopic (exact) mass is 477 g/mol. The number of aryl methyl sites for hydroxylation is 1. The standard InChI is InChI=1S/C25H27N5O5/c1-29(13-22-26-15-27-30(22)2)24(33)21(11-12-23(31)32)28-25(34)35-14-20-18-9-5-3-7-16(18)17-8-4-6-10-19(17)20/h3-10,15,20-21H,11-14H2,1-2H3,(H,28,34)(H,31,32). The molecule has 0 saturated carbocycles. The Bertz CT molecular complexity index is 1190. The maximum absolute atomic E-state index is 13.0. The van der Waals surface area contributed by atoms with E-state index in [0.717, 1.165) is 22.3 Å². The van der Waals surface area contributed by atoms with Gasteiger partial charge >= 0.3 is 12.1 Å². The fraction of sp³-hybridized carbons (Fsp3) is 0.320. The first-order chi connectivity index (χ1) is 16.8. The highest BCUT2D eigenvalue weighted by Crippen LogP contribution is 2.44. The minimum absolute atomic E-state index is 0.0679. The molecule has 1 unspecified atom stereocenters. The number of alkyl carbamates (subject to hydrolysis) is 1. The van der Waals surface area contributed by atoms with Gasteiger partial charge in [0.25, 0.3) is 0 Å². The van der Waals surface area contributed by atoms with Crippen LogP contribution in [0.5, 0.6) is 0 Å². The van der Waals surface area contributed by atoms with Crippen molar-refractivity contribution >= 4 is 18.0 Å². The van der Waals surface area contributed by atoms with Gasteiger partial charge in [-0.05, 0) is 28.7 Å². The highest BCUT2D eigenvalue weighted by Gasteiger charge is 2.30. The van der Waals surface area contributed by atoms with E-state index in [1.165, 1.54) is 15.9 Å². The van der Waals surface area contributed by atoms with Crippen LogP contribution < -0.4 is 5.32 Å². The van der Waals surface area contributed by atoms with Crippen molar-refractivity contribution in [2.75, 3.05) is 13.7 Å². The molecule has 1 heterocycles. The van der Waals surface area contributed by atoms with Crippen molar-refractivity contribution in [2.24, 2.45) is 7.05 Å². The molecule has 2 N–H and O–H groups in total. The van der Waals surface area contributed by atoms with Crippen molar-refractivity contribution in [3.63, 3.8) is 0 Å². The number of benzene rings is 2. The summed E-state index contributed by atoms with van der Waals surface area (Å²) >= 11 is 0. The summed E-state index contributed by atoms with van der Waals surface area (Å²) in [7, 11) is 3.27. The van der Waals surface area contributed by atoms with Crippen molar-refractivity contribution in [2.45, 2.75) is 31.3 Å². The molecular formula is C25H27N5O5. The number of amides is 2. The zero-order valence-corrected chi connectivity index (χ0v) is 19.5. The molecule has 2 amide bonds.